The molecule has 0 saturated carbocycles. The molecule has 4 N–H and O–H groups in total. The fourth-order valence-corrected chi connectivity index (χ4v) is 5.01. The van der Waals surface area contributed by atoms with Crippen molar-refractivity contribution in [3.63, 3.8) is 0 Å². The molecule has 2 aromatic carbocycles. The number of benzene rings is 2. The van der Waals surface area contributed by atoms with Gasteiger partial charge in [-0.2, -0.15) is 0 Å². The number of aliphatic imine (C=N–C) groups is 1. The summed E-state index contributed by atoms with van der Waals surface area (Å²) >= 11 is 1.48. The smallest absolute Gasteiger partial charge is 0.255 e. The Bertz CT molecular complexity index is 992. The Morgan fingerprint density at radius 3 is 2.87 bits per heavy atom. The summed E-state index contributed by atoms with van der Waals surface area (Å²) in [5.41, 5.74) is 7.83. The van der Waals surface area contributed by atoms with Crippen LogP contribution in [0.15, 0.2) is 47.5 Å². The van der Waals surface area contributed by atoms with Gasteiger partial charge in [-0.25, -0.2) is 4.39 Å². The van der Waals surface area contributed by atoms with E-state index >= 15 is 0 Å². The maximum atomic E-state index is 14.6. The molecule has 2 aromatic rings. The molecule has 0 radical (unpaired) electrons. The van der Waals surface area contributed by atoms with Gasteiger partial charge in [0.2, 0.25) is 0 Å². The monoisotopic (exact) mass is 441 g/mol. The number of amides is 1. The van der Waals surface area contributed by atoms with Crippen LogP contribution in [0.1, 0.15) is 34.8 Å². The average Bonchev–Trinajstić information content (AvgIpc) is 2.76. The highest BCUT2D eigenvalue weighted by Crippen LogP contribution is 2.37. The van der Waals surface area contributed by atoms with E-state index in [0.717, 1.165) is 44.0 Å². The first-order valence-electron chi connectivity index (χ1n) is 10.5. The van der Waals surface area contributed by atoms with Crippen LogP contribution in [0, 0.1) is 5.82 Å². The summed E-state index contributed by atoms with van der Waals surface area (Å²) < 4.78 is 14.6. The SMILES string of the molecule is CC1(c2cc(NC(=O)c3cccc(CN4CCNCC4)c3)ccc2F)CCSC(N)=N1. The molecule has 1 saturated heterocycles. The minimum Gasteiger partial charge on any atom is -0.379 e. The van der Waals surface area contributed by atoms with Gasteiger partial charge in [0.25, 0.3) is 5.91 Å². The van der Waals surface area contributed by atoms with E-state index < -0.39 is 5.54 Å². The Labute approximate surface area is 186 Å². The molecular weight excluding hydrogens is 413 g/mol. The maximum absolute atomic E-state index is 14.6. The van der Waals surface area contributed by atoms with E-state index in [1.54, 1.807) is 18.2 Å². The Hall–Kier alpha value is -2.42. The molecule has 1 fully saturated rings. The number of nitrogens with zero attached hydrogens (tertiary/aromatic N) is 2. The summed E-state index contributed by atoms with van der Waals surface area (Å²) in [6, 6.07) is 12.3. The van der Waals surface area contributed by atoms with Crippen LogP contribution in [0.2, 0.25) is 0 Å². The first kappa shape index (κ1) is 21.8. The predicted octanol–water partition coefficient (Wildman–Crippen LogP) is 3.15. The first-order chi connectivity index (χ1) is 14.9. The third-order valence-electron chi connectivity index (χ3n) is 5.81. The van der Waals surface area contributed by atoms with Crippen molar-refractivity contribution in [1.29, 1.82) is 0 Å². The van der Waals surface area contributed by atoms with Gasteiger partial charge in [-0.15, -0.1) is 0 Å². The number of carbonyl (C=O) groups is 1. The first-order valence-corrected chi connectivity index (χ1v) is 11.5. The van der Waals surface area contributed by atoms with Crippen LogP contribution in [0.25, 0.3) is 0 Å². The largest absolute Gasteiger partial charge is 0.379 e. The zero-order valence-corrected chi connectivity index (χ0v) is 18.5. The lowest BCUT2D eigenvalue weighted by molar-refractivity contribution is 0.102. The van der Waals surface area contributed by atoms with E-state index in [0.29, 0.717) is 28.4 Å². The minimum atomic E-state index is -0.733. The van der Waals surface area contributed by atoms with Crippen LogP contribution < -0.4 is 16.4 Å². The number of rotatable bonds is 5. The van der Waals surface area contributed by atoms with Crippen LogP contribution in [0.3, 0.4) is 0 Å². The molecule has 2 heterocycles. The molecular formula is C23H28FN5OS. The molecule has 1 atom stereocenters. The quantitative estimate of drug-likeness (QED) is 0.664. The van der Waals surface area contributed by atoms with Gasteiger partial charge in [0.15, 0.2) is 5.17 Å². The second kappa shape index (κ2) is 9.38. The number of hydrogen-bond donors (Lipinski definition) is 3. The Morgan fingerprint density at radius 1 is 1.29 bits per heavy atom. The minimum absolute atomic E-state index is 0.216. The Kier molecular flexibility index (Phi) is 6.60. The molecule has 31 heavy (non-hydrogen) atoms. The fraction of sp³-hybridized carbons (Fsp3) is 0.391. The summed E-state index contributed by atoms with van der Waals surface area (Å²) in [4.78, 5) is 19.7. The molecule has 2 aliphatic heterocycles. The summed E-state index contributed by atoms with van der Waals surface area (Å²) in [5.74, 6) is 0.218. The molecule has 0 bridgehead atoms. The maximum Gasteiger partial charge on any atom is 0.255 e. The van der Waals surface area contributed by atoms with Crippen LogP contribution in [0.5, 0.6) is 0 Å². The third-order valence-corrected chi connectivity index (χ3v) is 6.60. The zero-order valence-electron chi connectivity index (χ0n) is 17.7. The molecule has 4 rings (SSSR count). The van der Waals surface area contributed by atoms with Gasteiger partial charge in [0, 0.05) is 55.3 Å². The molecule has 0 spiro atoms. The van der Waals surface area contributed by atoms with E-state index in [4.69, 9.17) is 5.73 Å². The second-order valence-corrected chi connectivity index (χ2v) is 9.31. The normalized spacial score (nSPS) is 22.1. The molecule has 1 unspecified atom stereocenters. The van der Waals surface area contributed by atoms with Crippen molar-refractivity contribution in [1.82, 2.24) is 10.2 Å². The standard InChI is InChI=1S/C23H28FN5OS/c1-23(7-12-31-22(25)28-23)19-14-18(5-6-20(19)24)27-21(30)17-4-2-3-16(13-17)15-29-10-8-26-9-11-29/h2-6,13-14,26H,7-12,15H2,1H3,(H2,25,28)(H,27,30). The van der Waals surface area contributed by atoms with Crippen LogP contribution >= 0.6 is 11.8 Å². The van der Waals surface area contributed by atoms with Crippen LogP contribution in [-0.4, -0.2) is 47.9 Å². The number of anilines is 1. The van der Waals surface area contributed by atoms with Gasteiger partial charge in [-0.1, -0.05) is 23.9 Å². The van der Waals surface area contributed by atoms with Crippen molar-refractivity contribution in [2.24, 2.45) is 10.7 Å². The van der Waals surface area contributed by atoms with E-state index in [2.05, 4.69) is 20.5 Å². The summed E-state index contributed by atoms with van der Waals surface area (Å²) in [5, 5.41) is 6.72. The van der Waals surface area contributed by atoms with Crippen molar-refractivity contribution in [2.45, 2.75) is 25.4 Å². The highest BCUT2D eigenvalue weighted by atomic mass is 32.2. The number of carbonyl (C=O) groups excluding carboxylic acids is 1. The van der Waals surface area contributed by atoms with Crippen molar-refractivity contribution < 1.29 is 9.18 Å². The van der Waals surface area contributed by atoms with Gasteiger partial charge in [-0.3, -0.25) is 14.7 Å². The molecule has 6 nitrogen and oxygen atoms in total. The third kappa shape index (κ3) is 5.26. The lowest BCUT2D eigenvalue weighted by Crippen LogP contribution is -2.42. The van der Waals surface area contributed by atoms with Gasteiger partial charge in [-0.05, 0) is 49.2 Å². The summed E-state index contributed by atoms with van der Waals surface area (Å²) in [6.45, 7) is 6.67. The molecule has 1 amide bonds. The predicted molar refractivity (Wildman–Crippen MR) is 125 cm³/mol. The van der Waals surface area contributed by atoms with Gasteiger partial charge < -0.3 is 16.4 Å². The van der Waals surface area contributed by atoms with E-state index in [-0.39, 0.29) is 11.7 Å². The highest BCUT2D eigenvalue weighted by molar-refractivity contribution is 8.13. The van der Waals surface area contributed by atoms with E-state index in [1.165, 1.54) is 17.8 Å². The van der Waals surface area contributed by atoms with Crippen molar-refractivity contribution in [3.8, 4) is 0 Å². The Balaban J connectivity index is 1.50. The molecule has 8 heteroatoms. The topological polar surface area (TPSA) is 82.8 Å². The van der Waals surface area contributed by atoms with Gasteiger partial charge in [0.1, 0.15) is 5.82 Å². The number of nitrogens with two attached hydrogens (primary N) is 1. The number of amidine groups is 1. The van der Waals surface area contributed by atoms with Gasteiger partial charge >= 0.3 is 0 Å². The molecule has 164 valence electrons. The summed E-state index contributed by atoms with van der Waals surface area (Å²) in [7, 11) is 0. The van der Waals surface area contributed by atoms with Crippen LogP contribution in [0.4, 0.5) is 10.1 Å². The fourth-order valence-electron chi connectivity index (χ4n) is 4.04. The van der Waals surface area contributed by atoms with Crippen LogP contribution in [-0.2, 0) is 12.1 Å². The molecule has 2 aliphatic rings. The Morgan fingerprint density at radius 2 is 2.10 bits per heavy atom. The van der Waals surface area contributed by atoms with Crippen molar-refractivity contribution >= 4 is 28.5 Å². The zero-order chi connectivity index (χ0) is 21.8. The lowest BCUT2D eigenvalue weighted by atomic mass is 9.89. The van der Waals surface area contributed by atoms with Gasteiger partial charge in [0.05, 0.1) is 5.54 Å². The molecule has 0 aliphatic carbocycles. The van der Waals surface area contributed by atoms with E-state index in [9.17, 15) is 9.18 Å². The lowest BCUT2D eigenvalue weighted by Gasteiger charge is -2.30. The molecule has 0 aromatic heterocycles. The highest BCUT2D eigenvalue weighted by Gasteiger charge is 2.32. The van der Waals surface area contributed by atoms with Crippen molar-refractivity contribution in [2.75, 3.05) is 37.2 Å². The van der Waals surface area contributed by atoms with E-state index in [1.807, 2.05) is 25.1 Å². The average molecular weight is 442 g/mol. The number of hydrogen-bond acceptors (Lipinski definition) is 6. The van der Waals surface area contributed by atoms with Crippen molar-refractivity contribution in [3.05, 3.63) is 65.0 Å². The summed E-state index contributed by atoms with van der Waals surface area (Å²) in [6.07, 6.45) is 0.681. The number of piperazine rings is 1. The number of thioether (sulfide) groups is 1. The second-order valence-electron chi connectivity index (χ2n) is 8.20. The number of nitrogens with one attached hydrogen (secondary N) is 2. The number of halogens is 1.